The van der Waals surface area contributed by atoms with Crippen LogP contribution in [0.4, 0.5) is 0 Å². The first-order chi connectivity index (χ1) is 16.0. The number of aryl methyl sites for hydroxylation is 1. The summed E-state index contributed by atoms with van der Waals surface area (Å²) in [5.74, 6) is 1.31. The van der Waals surface area contributed by atoms with Crippen LogP contribution in [0.1, 0.15) is 31.2 Å². The molecule has 2 aromatic carbocycles. The lowest BCUT2D eigenvalue weighted by atomic mass is 10.1. The van der Waals surface area contributed by atoms with Gasteiger partial charge in [-0.25, -0.2) is 4.68 Å². The number of benzene rings is 2. The Morgan fingerprint density at radius 2 is 1.73 bits per heavy atom. The van der Waals surface area contributed by atoms with E-state index in [0.717, 1.165) is 55.8 Å². The number of nitrogens with one attached hydrogen (secondary N) is 1. The number of halogens is 1. The zero-order valence-corrected chi connectivity index (χ0v) is 20.3. The number of nitrogens with zero attached hydrogens (tertiary/aromatic N) is 4. The lowest BCUT2D eigenvalue weighted by molar-refractivity contribution is -0.123. The predicted molar refractivity (Wildman–Crippen MR) is 133 cm³/mol. The Hall–Kier alpha value is -2.48. The van der Waals surface area contributed by atoms with Crippen LogP contribution in [0.5, 0.6) is 0 Å². The zero-order valence-electron chi connectivity index (χ0n) is 18.7. The predicted octanol–water partition coefficient (Wildman–Crippen LogP) is 4.98. The van der Waals surface area contributed by atoms with Gasteiger partial charge in [-0.3, -0.25) is 14.3 Å². The molecule has 33 heavy (non-hydrogen) atoms. The fraction of sp³-hybridized carbons (Fsp3) is 0.400. The molecule has 1 aliphatic heterocycles. The van der Waals surface area contributed by atoms with Crippen molar-refractivity contribution in [3.8, 4) is 17.1 Å². The van der Waals surface area contributed by atoms with E-state index in [2.05, 4.69) is 41.4 Å². The molecule has 2 aliphatic rings. The van der Waals surface area contributed by atoms with Crippen molar-refractivity contribution >= 4 is 29.7 Å². The quantitative estimate of drug-likeness (QED) is 0.504. The van der Waals surface area contributed by atoms with Gasteiger partial charge in [0.1, 0.15) is 0 Å². The maximum absolute atomic E-state index is 12.1. The molecule has 0 atom stereocenters. The SMILES string of the molecule is Cc1ccc(-c2nn(CN3CCC(NC(=O)C4CC4)CC3)c(=S)n2-c2ccc(Cl)cc2)cc1. The van der Waals surface area contributed by atoms with Crippen LogP contribution >= 0.6 is 23.8 Å². The molecule has 1 N–H and O–H groups in total. The first-order valence-corrected chi connectivity index (χ1v) is 12.3. The van der Waals surface area contributed by atoms with Gasteiger partial charge in [-0.2, -0.15) is 0 Å². The Kier molecular flexibility index (Phi) is 6.36. The summed E-state index contributed by atoms with van der Waals surface area (Å²) in [6.45, 7) is 4.52. The number of piperidine rings is 1. The minimum Gasteiger partial charge on any atom is -0.353 e. The molecule has 0 spiro atoms. The smallest absolute Gasteiger partial charge is 0.223 e. The highest BCUT2D eigenvalue weighted by molar-refractivity contribution is 7.71. The van der Waals surface area contributed by atoms with Crippen molar-refractivity contribution in [2.45, 2.75) is 45.3 Å². The van der Waals surface area contributed by atoms with E-state index in [9.17, 15) is 4.79 Å². The summed E-state index contributed by atoms with van der Waals surface area (Å²) in [5, 5.41) is 8.84. The van der Waals surface area contributed by atoms with Gasteiger partial charge in [-0.15, -0.1) is 5.10 Å². The van der Waals surface area contributed by atoms with E-state index in [1.165, 1.54) is 5.56 Å². The number of rotatable bonds is 6. The van der Waals surface area contributed by atoms with Gasteiger partial charge in [0, 0.05) is 35.6 Å². The van der Waals surface area contributed by atoms with E-state index in [4.69, 9.17) is 28.9 Å². The van der Waals surface area contributed by atoms with E-state index in [0.29, 0.717) is 16.5 Å². The average Bonchev–Trinajstić information content (AvgIpc) is 3.62. The fourth-order valence-electron chi connectivity index (χ4n) is 4.29. The van der Waals surface area contributed by atoms with Gasteiger partial charge in [0.2, 0.25) is 10.7 Å². The number of likely N-dealkylation sites (tertiary alicyclic amines) is 1. The number of hydrogen-bond acceptors (Lipinski definition) is 4. The van der Waals surface area contributed by atoms with E-state index in [1.807, 2.05) is 33.5 Å². The molecule has 3 aromatic rings. The zero-order chi connectivity index (χ0) is 22.9. The highest BCUT2D eigenvalue weighted by Gasteiger charge is 2.32. The van der Waals surface area contributed by atoms with Crippen LogP contribution in [0, 0.1) is 17.6 Å². The molecule has 5 rings (SSSR count). The topological polar surface area (TPSA) is 55.1 Å². The first kappa shape index (κ1) is 22.3. The molecule has 0 radical (unpaired) electrons. The molecular formula is C25H28ClN5OS. The number of hydrogen-bond donors (Lipinski definition) is 1. The number of carbonyl (C=O) groups excluding carboxylic acids is 1. The van der Waals surface area contributed by atoms with Crippen molar-refractivity contribution in [1.29, 1.82) is 0 Å². The van der Waals surface area contributed by atoms with Crippen molar-refractivity contribution in [3.05, 3.63) is 63.9 Å². The second-order valence-corrected chi connectivity index (χ2v) is 9.90. The molecule has 0 bridgehead atoms. The molecule has 1 amide bonds. The maximum Gasteiger partial charge on any atom is 0.223 e. The Morgan fingerprint density at radius 1 is 1.06 bits per heavy atom. The summed E-state index contributed by atoms with van der Waals surface area (Å²) in [6, 6.07) is 16.3. The number of aromatic nitrogens is 3. The van der Waals surface area contributed by atoms with E-state index in [1.54, 1.807) is 0 Å². The standard InChI is InChI=1S/C25H28ClN5OS/c1-17-2-4-18(5-3-17)23-28-30(25(33)31(23)22-10-8-20(26)9-11-22)16-29-14-12-21(13-15-29)27-24(32)19-6-7-19/h2-5,8-11,19,21H,6-7,12-16H2,1H3,(H,27,32). The summed E-state index contributed by atoms with van der Waals surface area (Å²) in [7, 11) is 0. The summed E-state index contributed by atoms with van der Waals surface area (Å²) in [4.78, 5) is 14.4. The van der Waals surface area contributed by atoms with Gasteiger partial charge in [0.25, 0.3) is 0 Å². The van der Waals surface area contributed by atoms with Crippen molar-refractivity contribution in [1.82, 2.24) is 24.6 Å². The average molecular weight is 482 g/mol. The second kappa shape index (κ2) is 9.41. The molecule has 2 heterocycles. The minimum absolute atomic E-state index is 0.236. The molecule has 1 aliphatic carbocycles. The Morgan fingerprint density at radius 3 is 2.36 bits per heavy atom. The Balaban J connectivity index is 1.37. The van der Waals surface area contributed by atoms with Crippen molar-refractivity contribution in [2.75, 3.05) is 13.1 Å². The van der Waals surface area contributed by atoms with Crippen LogP contribution in [0.25, 0.3) is 17.1 Å². The third-order valence-electron chi connectivity index (χ3n) is 6.45. The number of amides is 1. The largest absolute Gasteiger partial charge is 0.353 e. The van der Waals surface area contributed by atoms with Gasteiger partial charge in [0.05, 0.1) is 12.4 Å². The Labute approximate surface area is 204 Å². The monoisotopic (exact) mass is 481 g/mol. The summed E-state index contributed by atoms with van der Waals surface area (Å²) >= 11 is 12.0. The molecule has 1 saturated carbocycles. The van der Waals surface area contributed by atoms with Gasteiger partial charge < -0.3 is 5.32 Å². The Bertz CT molecular complexity index is 1190. The maximum atomic E-state index is 12.1. The fourth-order valence-corrected chi connectivity index (χ4v) is 4.70. The van der Waals surface area contributed by atoms with E-state index in [-0.39, 0.29) is 17.9 Å². The molecule has 8 heteroatoms. The summed E-state index contributed by atoms with van der Waals surface area (Å²) in [6.07, 6.45) is 3.99. The summed E-state index contributed by atoms with van der Waals surface area (Å²) in [5.41, 5.74) is 3.15. The van der Waals surface area contributed by atoms with Crippen molar-refractivity contribution < 1.29 is 4.79 Å². The molecule has 1 aromatic heterocycles. The van der Waals surface area contributed by atoms with Crippen LogP contribution in [-0.2, 0) is 11.5 Å². The molecular weight excluding hydrogens is 454 g/mol. The molecule has 1 saturated heterocycles. The molecule has 6 nitrogen and oxygen atoms in total. The lowest BCUT2D eigenvalue weighted by Crippen LogP contribution is -2.45. The minimum atomic E-state index is 0.236. The first-order valence-electron chi connectivity index (χ1n) is 11.5. The van der Waals surface area contributed by atoms with Gasteiger partial charge in [-0.1, -0.05) is 41.4 Å². The summed E-state index contributed by atoms with van der Waals surface area (Å²) < 4.78 is 4.57. The third kappa shape index (κ3) is 5.05. The van der Waals surface area contributed by atoms with Gasteiger partial charge in [0.15, 0.2) is 5.82 Å². The van der Waals surface area contributed by atoms with E-state index < -0.39 is 0 Å². The van der Waals surface area contributed by atoms with Crippen molar-refractivity contribution in [3.63, 3.8) is 0 Å². The van der Waals surface area contributed by atoms with Crippen LogP contribution in [0.3, 0.4) is 0 Å². The van der Waals surface area contributed by atoms with Gasteiger partial charge >= 0.3 is 0 Å². The van der Waals surface area contributed by atoms with Crippen LogP contribution in [-0.4, -0.2) is 44.3 Å². The van der Waals surface area contributed by atoms with E-state index >= 15 is 0 Å². The third-order valence-corrected chi connectivity index (χ3v) is 7.10. The lowest BCUT2D eigenvalue weighted by Gasteiger charge is -2.32. The molecule has 2 fully saturated rings. The highest BCUT2D eigenvalue weighted by Crippen LogP contribution is 2.29. The molecule has 172 valence electrons. The van der Waals surface area contributed by atoms with Crippen LogP contribution in [0.2, 0.25) is 5.02 Å². The van der Waals surface area contributed by atoms with Gasteiger partial charge in [-0.05, 0) is 69.1 Å². The molecule has 0 unspecified atom stereocenters. The second-order valence-electron chi connectivity index (χ2n) is 9.10. The normalized spacial score (nSPS) is 17.3. The van der Waals surface area contributed by atoms with Crippen LogP contribution in [0.15, 0.2) is 48.5 Å². The highest BCUT2D eigenvalue weighted by atomic mass is 35.5. The van der Waals surface area contributed by atoms with Crippen LogP contribution < -0.4 is 5.32 Å². The number of carbonyl (C=O) groups is 1. The van der Waals surface area contributed by atoms with Crippen molar-refractivity contribution in [2.24, 2.45) is 5.92 Å².